The second-order valence-corrected chi connectivity index (χ2v) is 11.4. The lowest BCUT2D eigenvalue weighted by molar-refractivity contribution is -0.138. The summed E-state index contributed by atoms with van der Waals surface area (Å²) in [6.07, 6.45) is 7.25. The van der Waals surface area contributed by atoms with Gasteiger partial charge in [-0.15, -0.1) is 0 Å². The molecule has 7 nitrogen and oxygen atoms in total. The Labute approximate surface area is 225 Å². The lowest BCUT2D eigenvalue weighted by Gasteiger charge is -2.42. The van der Waals surface area contributed by atoms with Gasteiger partial charge in [-0.1, -0.05) is 30.3 Å². The molecule has 3 fully saturated rings. The van der Waals surface area contributed by atoms with Crippen LogP contribution in [0.15, 0.2) is 48.5 Å². The molecule has 202 valence electrons. The highest BCUT2D eigenvalue weighted by Gasteiger charge is 2.34. The van der Waals surface area contributed by atoms with Crippen molar-refractivity contribution in [1.29, 1.82) is 0 Å². The van der Waals surface area contributed by atoms with Gasteiger partial charge in [-0.05, 0) is 87.7 Å². The second-order valence-electron chi connectivity index (χ2n) is 11.4. The minimum atomic E-state index is 0.0681. The van der Waals surface area contributed by atoms with Crippen molar-refractivity contribution in [2.45, 2.75) is 51.0 Å². The molecule has 2 aromatic carbocycles. The predicted octanol–water partition coefficient (Wildman–Crippen LogP) is 4.21. The van der Waals surface area contributed by atoms with E-state index in [-0.39, 0.29) is 18.6 Å². The number of hydrogen-bond donors (Lipinski definition) is 0. The fourth-order valence-corrected chi connectivity index (χ4v) is 6.72. The van der Waals surface area contributed by atoms with E-state index in [0.717, 1.165) is 84.2 Å². The van der Waals surface area contributed by atoms with Gasteiger partial charge < -0.3 is 24.2 Å². The third-order valence-electron chi connectivity index (χ3n) is 9.06. The lowest BCUT2D eigenvalue weighted by atomic mass is 9.88. The van der Waals surface area contributed by atoms with Crippen LogP contribution in [0, 0.1) is 11.8 Å². The highest BCUT2D eigenvalue weighted by atomic mass is 16.7. The summed E-state index contributed by atoms with van der Waals surface area (Å²) in [4.78, 5) is 33.0. The van der Waals surface area contributed by atoms with E-state index in [1.54, 1.807) is 6.07 Å². The van der Waals surface area contributed by atoms with E-state index in [1.807, 2.05) is 17.0 Å². The fraction of sp³-hybridized carbons (Fsp3) is 0.548. The highest BCUT2D eigenvalue weighted by molar-refractivity contribution is 5.95. The average Bonchev–Trinajstić information content (AvgIpc) is 3.46. The molecule has 38 heavy (non-hydrogen) atoms. The fourth-order valence-electron chi connectivity index (χ4n) is 6.72. The van der Waals surface area contributed by atoms with Gasteiger partial charge in [0.25, 0.3) is 5.91 Å². The number of ether oxygens (including phenoxy) is 2. The Morgan fingerprint density at radius 2 is 1.42 bits per heavy atom. The van der Waals surface area contributed by atoms with Gasteiger partial charge in [-0.2, -0.15) is 0 Å². The average molecular weight is 518 g/mol. The molecule has 4 aliphatic rings. The Kier molecular flexibility index (Phi) is 7.54. The number of hydrogen-bond acceptors (Lipinski definition) is 5. The maximum Gasteiger partial charge on any atom is 0.253 e. The Balaban J connectivity index is 0.927. The molecule has 0 radical (unpaired) electrons. The molecule has 4 aliphatic heterocycles. The molecule has 0 atom stereocenters. The molecule has 0 saturated carbocycles. The molecule has 0 aliphatic carbocycles. The van der Waals surface area contributed by atoms with Crippen LogP contribution in [-0.4, -0.2) is 78.6 Å². The van der Waals surface area contributed by atoms with Gasteiger partial charge >= 0.3 is 0 Å². The van der Waals surface area contributed by atoms with Crippen LogP contribution < -0.4 is 9.47 Å². The van der Waals surface area contributed by atoms with E-state index in [0.29, 0.717) is 34.9 Å². The van der Waals surface area contributed by atoms with Crippen LogP contribution in [0.1, 0.15) is 54.4 Å². The molecule has 0 unspecified atom stereocenters. The molecule has 2 aromatic rings. The van der Waals surface area contributed by atoms with Crippen molar-refractivity contribution in [2.24, 2.45) is 11.8 Å². The molecule has 3 saturated heterocycles. The van der Waals surface area contributed by atoms with Crippen molar-refractivity contribution in [3.63, 3.8) is 0 Å². The van der Waals surface area contributed by atoms with Crippen LogP contribution in [0.25, 0.3) is 0 Å². The largest absolute Gasteiger partial charge is 0.454 e. The summed E-state index contributed by atoms with van der Waals surface area (Å²) in [5.74, 6) is 2.66. The van der Waals surface area contributed by atoms with E-state index in [4.69, 9.17) is 9.47 Å². The summed E-state index contributed by atoms with van der Waals surface area (Å²) in [6, 6.07) is 16.7. The zero-order valence-electron chi connectivity index (χ0n) is 22.2. The van der Waals surface area contributed by atoms with E-state index < -0.39 is 0 Å². The molecule has 7 heteroatoms. The van der Waals surface area contributed by atoms with Crippen molar-refractivity contribution in [2.75, 3.05) is 46.1 Å². The monoisotopic (exact) mass is 517 g/mol. The number of likely N-dealkylation sites (tertiary alicyclic amines) is 3. The number of benzene rings is 2. The third kappa shape index (κ3) is 5.53. The van der Waals surface area contributed by atoms with Crippen molar-refractivity contribution >= 4 is 11.8 Å². The molecule has 0 bridgehead atoms. The Bertz CT molecular complexity index is 1120. The molecule has 6 rings (SSSR count). The van der Waals surface area contributed by atoms with Gasteiger partial charge in [0.05, 0.1) is 0 Å². The Morgan fingerprint density at radius 1 is 0.737 bits per heavy atom. The van der Waals surface area contributed by atoms with E-state index in [2.05, 4.69) is 40.1 Å². The maximum absolute atomic E-state index is 13.3. The summed E-state index contributed by atoms with van der Waals surface area (Å²) < 4.78 is 10.8. The number of carbonyl (C=O) groups excluding carboxylic acids is 2. The van der Waals surface area contributed by atoms with Gasteiger partial charge in [-0.3, -0.25) is 9.59 Å². The summed E-state index contributed by atoms with van der Waals surface area (Å²) in [5, 5.41) is 0. The normalized spacial score (nSPS) is 21.6. The third-order valence-corrected chi connectivity index (χ3v) is 9.06. The predicted molar refractivity (Wildman–Crippen MR) is 145 cm³/mol. The quantitative estimate of drug-likeness (QED) is 0.595. The van der Waals surface area contributed by atoms with Crippen molar-refractivity contribution < 1.29 is 19.1 Å². The molecule has 0 spiro atoms. The van der Waals surface area contributed by atoms with Gasteiger partial charge in [0.2, 0.25) is 12.7 Å². The minimum Gasteiger partial charge on any atom is -0.454 e. The SMILES string of the molecule is O=C(c1ccc2c(c1)OCO2)N1CCC(N2CCC(C(=O)N3CCC(Cc4ccccc4)CC3)CC2)CC1. The number of rotatable bonds is 5. The summed E-state index contributed by atoms with van der Waals surface area (Å²) in [6.45, 7) is 5.56. The number of carbonyl (C=O) groups is 2. The van der Waals surface area contributed by atoms with Crippen molar-refractivity contribution in [1.82, 2.24) is 14.7 Å². The Morgan fingerprint density at radius 3 is 2.16 bits per heavy atom. The number of piperidine rings is 3. The van der Waals surface area contributed by atoms with Crippen LogP contribution in [0.3, 0.4) is 0 Å². The minimum absolute atomic E-state index is 0.0681. The molecule has 0 aromatic heterocycles. The first-order valence-corrected chi connectivity index (χ1v) is 14.4. The Hall–Kier alpha value is -3.06. The number of nitrogens with zero attached hydrogens (tertiary/aromatic N) is 3. The van der Waals surface area contributed by atoms with E-state index in [9.17, 15) is 9.59 Å². The first-order chi connectivity index (χ1) is 18.6. The van der Waals surface area contributed by atoms with Crippen LogP contribution in [0.2, 0.25) is 0 Å². The number of fused-ring (bicyclic) bond motifs is 1. The maximum atomic E-state index is 13.3. The van der Waals surface area contributed by atoms with E-state index in [1.165, 1.54) is 5.56 Å². The molecule has 4 heterocycles. The van der Waals surface area contributed by atoms with Crippen molar-refractivity contribution in [3.05, 3.63) is 59.7 Å². The summed E-state index contributed by atoms with van der Waals surface area (Å²) in [7, 11) is 0. The van der Waals surface area contributed by atoms with Crippen LogP contribution in [-0.2, 0) is 11.2 Å². The van der Waals surface area contributed by atoms with Crippen LogP contribution in [0.4, 0.5) is 0 Å². The molecular weight excluding hydrogens is 478 g/mol. The zero-order valence-corrected chi connectivity index (χ0v) is 22.2. The van der Waals surface area contributed by atoms with E-state index >= 15 is 0 Å². The van der Waals surface area contributed by atoms with Gasteiger partial charge in [0.1, 0.15) is 0 Å². The standard InChI is InChI=1S/C31H39N3O4/c35-30(33-14-8-24(9-15-33)20-23-4-2-1-3-5-23)25-10-16-32(17-11-25)27-12-18-34(19-13-27)31(36)26-6-7-28-29(21-26)38-22-37-28/h1-7,21,24-25,27H,8-20,22H2. The first kappa shape index (κ1) is 25.2. The van der Waals surface area contributed by atoms with Gasteiger partial charge in [-0.25, -0.2) is 0 Å². The van der Waals surface area contributed by atoms with Crippen LogP contribution in [0.5, 0.6) is 11.5 Å². The lowest BCUT2D eigenvalue weighted by Crippen LogP contribution is -2.51. The first-order valence-electron chi connectivity index (χ1n) is 14.4. The smallest absolute Gasteiger partial charge is 0.253 e. The van der Waals surface area contributed by atoms with Gasteiger partial charge in [0.15, 0.2) is 11.5 Å². The molecular formula is C31H39N3O4. The molecule has 0 N–H and O–H groups in total. The summed E-state index contributed by atoms with van der Waals surface area (Å²) >= 11 is 0. The van der Waals surface area contributed by atoms with Crippen LogP contribution >= 0.6 is 0 Å². The topological polar surface area (TPSA) is 62.3 Å². The zero-order chi connectivity index (χ0) is 25.9. The number of amides is 2. The highest BCUT2D eigenvalue weighted by Crippen LogP contribution is 2.33. The second kappa shape index (κ2) is 11.4. The molecule has 2 amide bonds. The van der Waals surface area contributed by atoms with Gasteiger partial charge in [0, 0.05) is 43.7 Å². The summed E-state index contributed by atoms with van der Waals surface area (Å²) in [5.41, 5.74) is 2.07. The van der Waals surface area contributed by atoms with Crippen molar-refractivity contribution in [3.8, 4) is 11.5 Å².